The van der Waals surface area contributed by atoms with E-state index in [1.54, 1.807) is 6.92 Å². The maximum Gasteiger partial charge on any atom is 0.271 e. The fourth-order valence-electron chi connectivity index (χ4n) is 3.47. The highest BCUT2D eigenvalue weighted by atomic mass is 32.2. The Bertz CT molecular complexity index is 1080. The van der Waals surface area contributed by atoms with E-state index >= 15 is 0 Å². The summed E-state index contributed by atoms with van der Waals surface area (Å²) in [4.78, 5) is 23.5. The monoisotopic (exact) mass is 447 g/mol. The molecule has 9 heteroatoms. The molecule has 2 aromatic carbocycles. The van der Waals surface area contributed by atoms with Gasteiger partial charge in [0.25, 0.3) is 5.69 Å². The molecule has 168 valence electrons. The van der Waals surface area contributed by atoms with Crippen LogP contribution in [0.4, 0.5) is 11.4 Å². The summed E-state index contributed by atoms with van der Waals surface area (Å²) in [5.74, 6) is -0.486. The Hall–Kier alpha value is -2.94. The molecule has 0 aromatic heterocycles. The summed E-state index contributed by atoms with van der Waals surface area (Å²) in [5.41, 5.74) is 3.63. The first kappa shape index (κ1) is 24.3. The van der Waals surface area contributed by atoms with Gasteiger partial charge in [0, 0.05) is 18.7 Å². The first-order chi connectivity index (χ1) is 14.5. The summed E-state index contributed by atoms with van der Waals surface area (Å²) in [5, 5.41) is 14.0. The van der Waals surface area contributed by atoms with Gasteiger partial charge in [-0.2, -0.15) is 0 Å². The highest BCUT2D eigenvalue weighted by molar-refractivity contribution is 7.92. The molecule has 0 heterocycles. The molecule has 2 aromatic rings. The van der Waals surface area contributed by atoms with Gasteiger partial charge in [-0.05, 0) is 48.9 Å². The van der Waals surface area contributed by atoms with Crippen molar-refractivity contribution in [1.29, 1.82) is 0 Å². The second-order valence-corrected chi connectivity index (χ2v) is 9.35. The fourth-order valence-corrected chi connectivity index (χ4v) is 4.69. The van der Waals surface area contributed by atoms with Crippen LogP contribution < -0.4 is 9.62 Å². The van der Waals surface area contributed by atoms with E-state index in [2.05, 4.69) is 18.3 Å². The molecule has 1 amide bonds. The Morgan fingerprint density at radius 2 is 1.81 bits per heavy atom. The Labute approximate surface area is 183 Å². The summed E-state index contributed by atoms with van der Waals surface area (Å²) >= 11 is 0. The third-order valence-electron chi connectivity index (χ3n) is 5.24. The molecular formula is C22H29N3O5S. The topological polar surface area (TPSA) is 110 Å². The molecule has 8 nitrogen and oxygen atoms in total. The molecule has 0 aliphatic heterocycles. The predicted molar refractivity (Wildman–Crippen MR) is 122 cm³/mol. The quantitative estimate of drug-likeness (QED) is 0.467. The van der Waals surface area contributed by atoms with Crippen LogP contribution in [0.25, 0.3) is 0 Å². The summed E-state index contributed by atoms with van der Waals surface area (Å²) in [6.07, 6.45) is 2.66. The molecule has 0 aliphatic carbocycles. The number of sulfonamides is 1. The summed E-state index contributed by atoms with van der Waals surface area (Å²) in [6, 6.07) is 9.01. The molecule has 0 fully saturated rings. The number of amides is 1. The smallest absolute Gasteiger partial charge is 0.271 e. The van der Waals surface area contributed by atoms with E-state index in [9.17, 15) is 23.3 Å². The number of carbonyl (C=O) groups excluding carboxylic acids is 1. The molecule has 1 N–H and O–H groups in total. The molecule has 1 atom stereocenters. The molecule has 0 aliphatic rings. The van der Waals surface area contributed by atoms with E-state index in [-0.39, 0.29) is 17.9 Å². The zero-order valence-corrected chi connectivity index (χ0v) is 19.3. The minimum absolute atomic E-state index is 0.113. The van der Waals surface area contributed by atoms with Crippen LogP contribution in [0, 0.1) is 17.0 Å². The number of nitro groups is 1. The molecule has 0 saturated carbocycles. The van der Waals surface area contributed by atoms with Gasteiger partial charge in [0.15, 0.2) is 0 Å². The van der Waals surface area contributed by atoms with Crippen molar-refractivity contribution in [3.8, 4) is 0 Å². The molecule has 1 unspecified atom stereocenters. The Morgan fingerprint density at radius 3 is 2.35 bits per heavy atom. The van der Waals surface area contributed by atoms with Crippen LogP contribution in [0.5, 0.6) is 0 Å². The van der Waals surface area contributed by atoms with Crippen molar-refractivity contribution in [1.82, 2.24) is 5.32 Å². The van der Waals surface area contributed by atoms with E-state index in [1.165, 1.54) is 25.1 Å². The number of hydrogen-bond acceptors (Lipinski definition) is 5. The Balaban J connectivity index is 2.33. The highest BCUT2D eigenvalue weighted by Crippen LogP contribution is 2.29. The Morgan fingerprint density at radius 1 is 1.13 bits per heavy atom. The maximum absolute atomic E-state index is 12.9. The zero-order chi connectivity index (χ0) is 23.3. The lowest BCUT2D eigenvalue weighted by atomic mass is 10.0. The van der Waals surface area contributed by atoms with Gasteiger partial charge in [-0.15, -0.1) is 0 Å². The van der Waals surface area contributed by atoms with Gasteiger partial charge >= 0.3 is 0 Å². The lowest BCUT2D eigenvalue weighted by Crippen LogP contribution is -2.48. The first-order valence-corrected chi connectivity index (χ1v) is 12.0. The van der Waals surface area contributed by atoms with Crippen molar-refractivity contribution in [2.75, 3.05) is 10.6 Å². The number of rotatable bonds is 9. The average Bonchev–Trinajstić information content (AvgIpc) is 2.71. The standard InChI is InChI=1S/C22H29N3O5S/c1-6-17-9-10-18(7-2)19(12-17)14-23-22(26)16(4)24(31(5,29)30)21-13-20(25(27)28)11-8-15(21)3/h8-13,16H,6-7,14H2,1-5H3,(H,23,26). The van der Waals surface area contributed by atoms with Crippen LogP contribution in [-0.2, 0) is 34.2 Å². The van der Waals surface area contributed by atoms with E-state index in [1.807, 2.05) is 19.1 Å². The van der Waals surface area contributed by atoms with Gasteiger partial charge in [0.1, 0.15) is 6.04 Å². The third kappa shape index (κ3) is 5.81. The second-order valence-electron chi connectivity index (χ2n) is 7.49. The van der Waals surface area contributed by atoms with Gasteiger partial charge in [-0.25, -0.2) is 8.42 Å². The van der Waals surface area contributed by atoms with Crippen LogP contribution >= 0.6 is 0 Å². The minimum atomic E-state index is -3.88. The van der Waals surface area contributed by atoms with Gasteiger partial charge in [0.2, 0.25) is 15.9 Å². The van der Waals surface area contributed by atoms with Gasteiger partial charge in [0.05, 0.1) is 16.9 Å². The molecule has 2 rings (SSSR count). The summed E-state index contributed by atoms with van der Waals surface area (Å²) in [7, 11) is -3.88. The van der Waals surface area contributed by atoms with Crippen molar-refractivity contribution in [3.05, 3.63) is 68.8 Å². The van der Waals surface area contributed by atoms with Crippen molar-refractivity contribution in [2.45, 2.75) is 53.1 Å². The van der Waals surface area contributed by atoms with Gasteiger partial charge in [-0.1, -0.05) is 38.1 Å². The highest BCUT2D eigenvalue weighted by Gasteiger charge is 2.31. The molecular weight excluding hydrogens is 418 g/mol. The predicted octanol–water partition coefficient (Wildman–Crippen LogP) is 3.50. The number of anilines is 1. The van der Waals surface area contributed by atoms with E-state index < -0.39 is 26.9 Å². The van der Waals surface area contributed by atoms with Crippen molar-refractivity contribution < 1.29 is 18.1 Å². The lowest BCUT2D eigenvalue weighted by molar-refractivity contribution is -0.384. The largest absolute Gasteiger partial charge is 0.350 e. The maximum atomic E-state index is 12.9. The SMILES string of the molecule is CCc1ccc(CC)c(CNC(=O)C(C)N(c2cc([N+](=O)[O-])ccc2C)S(C)(=O)=O)c1. The number of hydrogen-bond donors (Lipinski definition) is 1. The molecule has 0 saturated heterocycles. The number of nitrogens with zero attached hydrogens (tertiary/aromatic N) is 2. The molecule has 0 spiro atoms. The minimum Gasteiger partial charge on any atom is -0.350 e. The normalized spacial score (nSPS) is 12.3. The number of benzene rings is 2. The van der Waals surface area contributed by atoms with Crippen molar-refractivity contribution >= 4 is 27.3 Å². The van der Waals surface area contributed by atoms with Crippen LogP contribution in [0.15, 0.2) is 36.4 Å². The fraction of sp³-hybridized carbons (Fsp3) is 0.409. The molecule has 31 heavy (non-hydrogen) atoms. The number of aryl methyl sites for hydroxylation is 3. The van der Waals surface area contributed by atoms with Crippen LogP contribution in [-0.4, -0.2) is 31.5 Å². The van der Waals surface area contributed by atoms with Gasteiger partial charge in [-0.3, -0.25) is 19.2 Å². The average molecular weight is 448 g/mol. The van der Waals surface area contributed by atoms with Crippen LogP contribution in [0.2, 0.25) is 0 Å². The van der Waals surface area contributed by atoms with E-state index in [4.69, 9.17) is 0 Å². The van der Waals surface area contributed by atoms with Crippen LogP contribution in [0.1, 0.15) is 43.0 Å². The van der Waals surface area contributed by atoms with Crippen molar-refractivity contribution in [2.24, 2.45) is 0 Å². The molecule has 0 bridgehead atoms. The van der Waals surface area contributed by atoms with E-state index in [0.29, 0.717) is 5.56 Å². The number of carbonyl (C=O) groups is 1. The summed E-state index contributed by atoms with van der Waals surface area (Å²) < 4.78 is 26.0. The lowest BCUT2D eigenvalue weighted by Gasteiger charge is -2.29. The zero-order valence-electron chi connectivity index (χ0n) is 18.5. The van der Waals surface area contributed by atoms with Crippen molar-refractivity contribution in [3.63, 3.8) is 0 Å². The molecule has 0 radical (unpaired) electrons. The van der Waals surface area contributed by atoms with E-state index in [0.717, 1.165) is 40.1 Å². The Kier molecular flexibility index (Phi) is 7.78. The number of nitro benzene ring substituents is 1. The van der Waals surface area contributed by atoms with Gasteiger partial charge < -0.3 is 5.32 Å². The summed E-state index contributed by atoms with van der Waals surface area (Å²) in [6.45, 7) is 7.47. The second kappa shape index (κ2) is 9.91. The number of nitrogens with one attached hydrogen (secondary N) is 1. The third-order valence-corrected chi connectivity index (χ3v) is 6.47. The van der Waals surface area contributed by atoms with Crippen LogP contribution in [0.3, 0.4) is 0 Å². The number of non-ortho nitro benzene ring substituents is 1. The first-order valence-electron chi connectivity index (χ1n) is 10.1.